The molecule has 1 amide bonds. The summed E-state index contributed by atoms with van der Waals surface area (Å²) in [5, 5.41) is 0. The van der Waals surface area contributed by atoms with Gasteiger partial charge in [0.15, 0.2) is 0 Å². The lowest BCUT2D eigenvalue weighted by atomic mass is 10.0. The van der Waals surface area contributed by atoms with Crippen LogP contribution in [0.2, 0.25) is 0 Å². The molecule has 0 spiro atoms. The molecule has 2 aromatic rings. The molecule has 0 aliphatic rings. The number of benzene rings is 2. The molecule has 0 aromatic heterocycles. The fourth-order valence-electron chi connectivity index (χ4n) is 2.96. The van der Waals surface area contributed by atoms with Crippen LogP contribution < -0.4 is 11.2 Å². The Balaban J connectivity index is 1.67. The van der Waals surface area contributed by atoms with E-state index in [1.165, 1.54) is 11.1 Å². The summed E-state index contributed by atoms with van der Waals surface area (Å²) in [6, 6.07) is 17.8. The van der Waals surface area contributed by atoms with E-state index >= 15 is 0 Å². The van der Waals surface area contributed by atoms with Gasteiger partial charge in [-0.15, -0.1) is 0 Å². The normalized spacial score (nSPS) is 11.6. The number of amides is 1. The van der Waals surface area contributed by atoms with Gasteiger partial charge in [0, 0.05) is 0 Å². The maximum atomic E-state index is 11.9. The number of nitrogens with two attached hydrogens (primary N) is 1. The van der Waals surface area contributed by atoms with Gasteiger partial charge < -0.3 is 10.6 Å². The van der Waals surface area contributed by atoms with E-state index in [0.717, 1.165) is 37.7 Å². The van der Waals surface area contributed by atoms with E-state index in [1.54, 1.807) is 0 Å². The van der Waals surface area contributed by atoms with Crippen molar-refractivity contribution in [2.75, 3.05) is 0 Å². The molecule has 2 rings (SSSR count). The molecule has 28 heavy (non-hydrogen) atoms. The SMILES string of the molecule is CCCC(N)C(=O)ONC(=O)Cc1ccc(CCCCc2ccccc2)cc1. The number of carbonyl (C=O) groups is 2. The van der Waals surface area contributed by atoms with Crippen molar-refractivity contribution in [1.29, 1.82) is 0 Å². The topological polar surface area (TPSA) is 81.4 Å². The molecular formula is C23H30N2O3. The molecule has 0 heterocycles. The van der Waals surface area contributed by atoms with Crippen molar-refractivity contribution in [3.8, 4) is 0 Å². The number of rotatable bonds is 10. The van der Waals surface area contributed by atoms with E-state index in [-0.39, 0.29) is 12.3 Å². The summed E-state index contributed by atoms with van der Waals surface area (Å²) in [6.07, 6.45) is 5.86. The van der Waals surface area contributed by atoms with Crippen LogP contribution in [0.5, 0.6) is 0 Å². The predicted octanol–water partition coefficient (Wildman–Crippen LogP) is 3.50. The van der Waals surface area contributed by atoms with Gasteiger partial charge in [0.05, 0.1) is 6.42 Å². The third kappa shape index (κ3) is 7.92. The summed E-state index contributed by atoms with van der Waals surface area (Å²) in [5.41, 5.74) is 11.3. The minimum absolute atomic E-state index is 0.157. The fourth-order valence-corrected chi connectivity index (χ4v) is 2.96. The zero-order valence-electron chi connectivity index (χ0n) is 16.5. The van der Waals surface area contributed by atoms with Gasteiger partial charge in [-0.3, -0.25) is 4.79 Å². The van der Waals surface area contributed by atoms with Crippen LogP contribution in [0, 0.1) is 0 Å². The molecule has 5 heteroatoms. The van der Waals surface area contributed by atoms with Gasteiger partial charge in [0.1, 0.15) is 6.04 Å². The summed E-state index contributed by atoms with van der Waals surface area (Å²) < 4.78 is 0. The van der Waals surface area contributed by atoms with Crippen molar-refractivity contribution in [1.82, 2.24) is 5.48 Å². The van der Waals surface area contributed by atoms with Crippen molar-refractivity contribution in [2.24, 2.45) is 5.73 Å². The monoisotopic (exact) mass is 382 g/mol. The van der Waals surface area contributed by atoms with E-state index in [1.807, 2.05) is 37.3 Å². The Morgan fingerprint density at radius 2 is 1.50 bits per heavy atom. The van der Waals surface area contributed by atoms with Gasteiger partial charge in [-0.1, -0.05) is 67.9 Å². The molecule has 2 aromatic carbocycles. The number of hydrogen-bond donors (Lipinski definition) is 2. The minimum Gasteiger partial charge on any atom is -0.339 e. The van der Waals surface area contributed by atoms with Crippen LogP contribution in [0.1, 0.15) is 49.3 Å². The third-order valence-electron chi connectivity index (χ3n) is 4.58. The molecule has 0 saturated carbocycles. The standard InChI is InChI=1S/C23H30N2O3/c1-2-8-21(24)23(27)28-25-22(26)17-20-15-13-19(14-16-20)12-7-6-11-18-9-4-3-5-10-18/h3-5,9-10,13-16,21H,2,6-8,11-12,17,24H2,1H3,(H,25,26). The highest BCUT2D eigenvalue weighted by molar-refractivity contribution is 5.81. The molecule has 0 radical (unpaired) electrons. The van der Waals surface area contributed by atoms with E-state index in [4.69, 9.17) is 10.6 Å². The first-order valence-electron chi connectivity index (χ1n) is 9.95. The van der Waals surface area contributed by atoms with Crippen molar-refractivity contribution in [2.45, 2.75) is 57.9 Å². The summed E-state index contributed by atoms with van der Waals surface area (Å²) in [6.45, 7) is 1.93. The molecule has 1 unspecified atom stereocenters. The predicted molar refractivity (Wildman–Crippen MR) is 110 cm³/mol. The zero-order chi connectivity index (χ0) is 20.2. The average molecular weight is 383 g/mol. The molecule has 3 N–H and O–H groups in total. The largest absolute Gasteiger partial charge is 0.348 e. The van der Waals surface area contributed by atoms with E-state index in [0.29, 0.717) is 6.42 Å². The van der Waals surface area contributed by atoms with Crippen LogP contribution >= 0.6 is 0 Å². The Bertz CT molecular complexity index is 729. The molecule has 0 aliphatic heterocycles. The number of hydroxylamine groups is 1. The van der Waals surface area contributed by atoms with Crippen molar-refractivity contribution >= 4 is 11.9 Å². The number of nitrogens with one attached hydrogen (secondary N) is 1. The molecule has 1 atom stereocenters. The first-order valence-corrected chi connectivity index (χ1v) is 9.95. The molecule has 150 valence electrons. The summed E-state index contributed by atoms with van der Waals surface area (Å²) in [5.74, 6) is -0.978. The lowest BCUT2D eigenvalue weighted by molar-refractivity contribution is -0.159. The third-order valence-corrected chi connectivity index (χ3v) is 4.58. The van der Waals surface area contributed by atoms with Crippen LogP contribution in [0.15, 0.2) is 54.6 Å². The number of hydrogen-bond acceptors (Lipinski definition) is 4. The van der Waals surface area contributed by atoms with Crippen molar-refractivity contribution in [3.05, 3.63) is 71.3 Å². The van der Waals surface area contributed by atoms with E-state index in [2.05, 4.69) is 29.7 Å². The average Bonchev–Trinajstić information content (AvgIpc) is 2.71. The zero-order valence-corrected chi connectivity index (χ0v) is 16.5. The van der Waals surface area contributed by atoms with Crippen LogP contribution in [-0.2, 0) is 33.7 Å². The van der Waals surface area contributed by atoms with Crippen LogP contribution in [0.3, 0.4) is 0 Å². The lowest BCUT2D eigenvalue weighted by Gasteiger charge is -2.10. The number of carbonyl (C=O) groups excluding carboxylic acids is 2. The molecular weight excluding hydrogens is 352 g/mol. The Hall–Kier alpha value is -2.66. The number of aryl methyl sites for hydroxylation is 2. The highest BCUT2D eigenvalue weighted by Crippen LogP contribution is 2.11. The van der Waals surface area contributed by atoms with Gasteiger partial charge in [0.25, 0.3) is 5.91 Å². The smallest absolute Gasteiger partial charge is 0.339 e. The maximum absolute atomic E-state index is 11.9. The molecule has 0 saturated heterocycles. The van der Waals surface area contributed by atoms with Crippen LogP contribution in [-0.4, -0.2) is 17.9 Å². The van der Waals surface area contributed by atoms with Gasteiger partial charge >= 0.3 is 5.97 Å². The summed E-state index contributed by atoms with van der Waals surface area (Å²) in [7, 11) is 0. The molecule has 0 fully saturated rings. The highest BCUT2D eigenvalue weighted by Gasteiger charge is 2.15. The van der Waals surface area contributed by atoms with E-state index < -0.39 is 12.0 Å². The van der Waals surface area contributed by atoms with Gasteiger partial charge in [0.2, 0.25) is 0 Å². The highest BCUT2D eigenvalue weighted by atomic mass is 16.7. The lowest BCUT2D eigenvalue weighted by Crippen LogP contribution is -2.38. The Kier molecular flexibility index (Phi) is 9.22. The summed E-state index contributed by atoms with van der Waals surface area (Å²) in [4.78, 5) is 28.2. The second-order valence-corrected chi connectivity index (χ2v) is 7.03. The maximum Gasteiger partial charge on any atom is 0.348 e. The molecule has 0 aliphatic carbocycles. The second kappa shape index (κ2) is 11.9. The van der Waals surface area contributed by atoms with Crippen molar-refractivity contribution < 1.29 is 14.4 Å². The first kappa shape index (κ1) is 21.6. The first-order chi connectivity index (χ1) is 13.6. The van der Waals surface area contributed by atoms with Crippen LogP contribution in [0.4, 0.5) is 0 Å². The van der Waals surface area contributed by atoms with Crippen molar-refractivity contribution in [3.63, 3.8) is 0 Å². The summed E-state index contributed by atoms with van der Waals surface area (Å²) >= 11 is 0. The Morgan fingerprint density at radius 1 is 0.929 bits per heavy atom. The van der Waals surface area contributed by atoms with Gasteiger partial charge in [-0.2, -0.15) is 5.48 Å². The second-order valence-electron chi connectivity index (χ2n) is 7.03. The van der Waals surface area contributed by atoms with Gasteiger partial charge in [-0.25, -0.2) is 4.79 Å². The Labute approximate surface area is 167 Å². The van der Waals surface area contributed by atoms with E-state index in [9.17, 15) is 9.59 Å². The van der Waals surface area contributed by atoms with Gasteiger partial charge in [-0.05, 0) is 48.8 Å². The van der Waals surface area contributed by atoms with Crippen LogP contribution in [0.25, 0.3) is 0 Å². The molecule has 5 nitrogen and oxygen atoms in total. The Morgan fingerprint density at radius 3 is 2.11 bits per heavy atom. The molecule has 0 bridgehead atoms. The minimum atomic E-state index is -0.702. The number of unbranched alkanes of at least 4 members (excludes halogenated alkanes) is 1. The quantitative estimate of drug-likeness (QED) is 0.487. The fraction of sp³-hybridized carbons (Fsp3) is 0.391.